The van der Waals surface area contributed by atoms with Gasteiger partial charge in [0.15, 0.2) is 0 Å². The van der Waals surface area contributed by atoms with Crippen LogP contribution in [0.1, 0.15) is 11.6 Å². The molecule has 1 aromatic carbocycles. The molecular weight excluding hydrogens is 266 g/mol. The maximum atomic E-state index is 11.3. The van der Waals surface area contributed by atoms with E-state index < -0.39 is 6.09 Å². The predicted molar refractivity (Wildman–Crippen MR) is 72.6 cm³/mol. The monoisotopic (exact) mass is 279 g/mol. The van der Waals surface area contributed by atoms with Crippen molar-refractivity contribution in [3.8, 4) is 0 Å². The number of carboxylic acid groups (broad SMARTS) is 1. The zero-order chi connectivity index (χ0) is 13.8. The smallest absolute Gasteiger partial charge is 0.407 e. The van der Waals surface area contributed by atoms with Crippen molar-refractivity contribution in [1.82, 2.24) is 4.90 Å². The van der Waals surface area contributed by atoms with E-state index in [1.54, 1.807) is 18.2 Å². The topological polar surface area (TPSA) is 65.3 Å². The number of hydrogen-bond donors (Lipinski definition) is 1. The minimum absolute atomic E-state index is 0.259. The van der Waals surface area contributed by atoms with Crippen LogP contribution in [0.2, 0.25) is 5.02 Å². The Kier molecular flexibility index (Phi) is 4.16. The number of halogens is 1. The Morgan fingerprint density at radius 2 is 2.21 bits per heavy atom. The number of hydrogen-bond acceptors (Lipinski definition) is 3. The molecule has 2 rings (SSSR count). The lowest BCUT2D eigenvalue weighted by molar-refractivity contribution is 0.129. The van der Waals surface area contributed by atoms with Crippen LogP contribution < -0.4 is 0 Å². The standard InChI is InChI=1S/C13H14ClN3O2/c1-2-7-17(13(18)19)11-8-15-16-12(11)9-3-5-10(14)6-4-9/h2-6,11-12H,1,7-8H2,(H,18,19). The molecular formula is C13H14ClN3O2. The number of rotatable bonds is 4. The summed E-state index contributed by atoms with van der Waals surface area (Å²) in [5.41, 5.74) is 0.908. The normalized spacial score (nSPS) is 21.3. The summed E-state index contributed by atoms with van der Waals surface area (Å²) in [6, 6.07) is 6.64. The van der Waals surface area contributed by atoms with E-state index in [-0.39, 0.29) is 18.6 Å². The second kappa shape index (κ2) is 5.84. The van der Waals surface area contributed by atoms with Crippen LogP contribution in [-0.4, -0.2) is 35.2 Å². The van der Waals surface area contributed by atoms with Gasteiger partial charge in [0, 0.05) is 11.6 Å². The van der Waals surface area contributed by atoms with Crippen molar-refractivity contribution in [3.05, 3.63) is 47.5 Å². The molecule has 1 aliphatic rings. The van der Waals surface area contributed by atoms with Crippen molar-refractivity contribution in [3.63, 3.8) is 0 Å². The van der Waals surface area contributed by atoms with Crippen LogP contribution in [0.25, 0.3) is 0 Å². The summed E-state index contributed by atoms with van der Waals surface area (Å²) in [5.74, 6) is 0. The zero-order valence-electron chi connectivity index (χ0n) is 10.2. The zero-order valence-corrected chi connectivity index (χ0v) is 11.0. The molecule has 100 valence electrons. The molecule has 0 fully saturated rings. The molecule has 0 bridgehead atoms. The Morgan fingerprint density at radius 3 is 2.79 bits per heavy atom. The maximum absolute atomic E-state index is 11.3. The first-order chi connectivity index (χ1) is 9.13. The maximum Gasteiger partial charge on any atom is 0.407 e. The van der Waals surface area contributed by atoms with Gasteiger partial charge in [-0.05, 0) is 17.7 Å². The fourth-order valence-electron chi connectivity index (χ4n) is 2.11. The number of azo groups is 1. The molecule has 1 heterocycles. The highest BCUT2D eigenvalue weighted by atomic mass is 35.5. The van der Waals surface area contributed by atoms with Crippen molar-refractivity contribution in [1.29, 1.82) is 0 Å². The Balaban J connectivity index is 2.24. The number of nitrogens with zero attached hydrogens (tertiary/aromatic N) is 3. The first-order valence-electron chi connectivity index (χ1n) is 5.86. The van der Waals surface area contributed by atoms with Crippen molar-refractivity contribution >= 4 is 17.7 Å². The number of carbonyl (C=O) groups is 1. The average molecular weight is 280 g/mol. The second-order valence-corrected chi connectivity index (χ2v) is 4.66. The van der Waals surface area contributed by atoms with Crippen molar-refractivity contribution in [2.75, 3.05) is 13.1 Å². The molecule has 19 heavy (non-hydrogen) atoms. The molecule has 6 heteroatoms. The number of benzene rings is 1. The third-order valence-corrected chi connectivity index (χ3v) is 3.27. The van der Waals surface area contributed by atoms with Gasteiger partial charge in [0.05, 0.1) is 12.6 Å². The Bertz CT molecular complexity index is 501. The van der Waals surface area contributed by atoms with E-state index in [0.29, 0.717) is 11.6 Å². The van der Waals surface area contributed by atoms with E-state index in [4.69, 9.17) is 11.6 Å². The highest BCUT2D eigenvalue weighted by Gasteiger charge is 2.34. The summed E-state index contributed by atoms with van der Waals surface area (Å²) in [4.78, 5) is 12.6. The molecule has 2 unspecified atom stereocenters. The molecule has 0 aromatic heterocycles. The minimum atomic E-state index is -0.990. The Hall–Kier alpha value is -1.88. The molecule has 0 spiro atoms. The van der Waals surface area contributed by atoms with E-state index >= 15 is 0 Å². The lowest BCUT2D eigenvalue weighted by Gasteiger charge is -2.27. The van der Waals surface area contributed by atoms with Gasteiger partial charge in [-0.25, -0.2) is 4.79 Å². The quantitative estimate of drug-likeness (QED) is 0.859. The summed E-state index contributed by atoms with van der Waals surface area (Å²) < 4.78 is 0. The van der Waals surface area contributed by atoms with Gasteiger partial charge in [-0.15, -0.1) is 6.58 Å². The molecule has 1 N–H and O–H groups in total. The first-order valence-corrected chi connectivity index (χ1v) is 6.24. The molecule has 0 aliphatic carbocycles. The summed E-state index contributed by atoms with van der Waals surface area (Å²) >= 11 is 5.85. The largest absolute Gasteiger partial charge is 0.465 e. The molecule has 1 amide bonds. The van der Waals surface area contributed by atoms with Crippen molar-refractivity contribution in [2.24, 2.45) is 10.2 Å². The van der Waals surface area contributed by atoms with Crippen molar-refractivity contribution in [2.45, 2.75) is 12.1 Å². The third kappa shape index (κ3) is 2.93. The van der Waals surface area contributed by atoms with E-state index in [9.17, 15) is 9.90 Å². The lowest BCUT2D eigenvalue weighted by atomic mass is 10.00. The average Bonchev–Trinajstić information content (AvgIpc) is 2.85. The van der Waals surface area contributed by atoms with Crippen molar-refractivity contribution < 1.29 is 9.90 Å². The fourth-order valence-corrected chi connectivity index (χ4v) is 2.23. The SMILES string of the molecule is C=CCN(C(=O)O)C1CN=NC1c1ccc(Cl)cc1. The number of amides is 1. The summed E-state index contributed by atoms with van der Waals surface area (Å²) in [5, 5.41) is 18.0. The highest BCUT2D eigenvalue weighted by molar-refractivity contribution is 6.30. The summed E-state index contributed by atoms with van der Waals surface area (Å²) in [6.07, 6.45) is 0.571. The van der Waals surface area contributed by atoms with Crippen LogP contribution >= 0.6 is 11.6 Å². The summed E-state index contributed by atoms with van der Waals surface area (Å²) in [7, 11) is 0. The van der Waals surface area contributed by atoms with E-state index in [1.165, 1.54) is 4.90 Å². The Morgan fingerprint density at radius 1 is 1.53 bits per heavy atom. The molecule has 5 nitrogen and oxygen atoms in total. The van der Waals surface area contributed by atoms with Gasteiger partial charge in [-0.2, -0.15) is 10.2 Å². The molecule has 2 atom stereocenters. The highest BCUT2D eigenvalue weighted by Crippen LogP contribution is 2.31. The van der Waals surface area contributed by atoms with Gasteiger partial charge in [0.2, 0.25) is 0 Å². The van der Waals surface area contributed by atoms with Gasteiger partial charge in [0.25, 0.3) is 0 Å². The molecule has 0 radical (unpaired) electrons. The van der Waals surface area contributed by atoms with Crippen LogP contribution in [0, 0.1) is 0 Å². The Labute approximate surface area is 116 Å². The van der Waals surface area contributed by atoms with Crippen LogP contribution in [-0.2, 0) is 0 Å². The third-order valence-electron chi connectivity index (χ3n) is 3.02. The molecule has 0 saturated carbocycles. The molecule has 1 aliphatic heterocycles. The lowest BCUT2D eigenvalue weighted by Crippen LogP contribution is -2.42. The van der Waals surface area contributed by atoms with Gasteiger partial charge in [-0.3, -0.25) is 4.90 Å². The van der Waals surface area contributed by atoms with Crippen LogP contribution in [0.3, 0.4) is 0 Å². The molecule has 1 aromatic rings. The van der Waals surface area contributed by atoms with Gasteiger partial charge >= 0.3 is 6.09 Å². The van der Waals surface area contributed by atoms with Crippen LogP contribution in [0.4, 0.5) is 4.79 Å². The van der Waals surface area contributed by atoms with Gasteiger partial charge < -0.3 is 5.11 Å². The van der Waals surface area contributed by atoms with E-state index in [2.05, 4.69) is 16.8 Å². The van der Waals surface area contributed by atoms with Crippen LogP contribution in [0.15, 0.2) is 47.1 Å². The minimum Gasteiger partial charge on any atom is -0.465 e. The molecule has 0 saturated heterocycles. The van der Waals surface area contributed by atoms with Crippen LogP contribution in [0.5, 0.6) is 0 Å². The second-order valence-electron chi connectivity index (χ2n) is 4.23. The van der Waals surface area contributed by atoms with Gasteiger partial charge in [-0.1, -0.05) is 29.8 Å². The predicted octanol–water partition coefficient (Wildman–Crippen LogP) is 3.38. The first kappa shape index (κ1) is 13.5. The van der Waals surface area contributed by atoms with E-state index in [1.807, 2.05) is 12.1 Å². The van der Waals surface area contributed by atoms with Gasteiger partial charge in [0.1, 0.15) is 6.04 Å². The fraction of sp³-hybridized carbons (Fsp3) is 0.308. The summed E-state index contributed by atoms with van der Waals surface area (Å²) in [6.45, 7) is 4.21. The van der Waals surface area contributed by atoms with E-state index in [0.717, 1.165) is 5.56 Å².